The summed E-state index contributed by atoms with van der Waals surface area (Å²) in [6, 6.07) is 1.24. The van der Waals surface area contributed by atoms with Crippen LogP contribution in [-0.2, 0) is 0 Å². The van der Waals surface area contributed by atoms with E-state index in [1.165, 1.54) is 25.7 Å². The summed E-state index contributed by atoms with van der Waals surface area (Å²) in [5.41, 5.74) is 5.77. The summed E-state index contributed by atoms with van der Waals surface area (Å²) in [5, 5.41) is 6.56. The molecule has 0 spiro atoms. The molecule has 3 heteroatoms. The van der Waals surface area contributed by atoms with Crippen LogP contribution in [0.5, 0.6) is 0 Å². The molecule has 0 saturated heterocycles. The first kappa shape index (κ1) is 14.9. The molecule has 1 rings (SSSR count). The Morgan fingerprint density at radius 2 is 1.47 bits per heavy atom. The maximum atomic E-state index is 5.77. The van der Waals surface area contributed by atoms with Gasteiger partial charge in [0.2, 0.25) is 0 Å². The second kappa shape index (κ2) is 10.4. The highest BCUT2D eigenvalue weighted by atomic mass is 14.9. The van der Waals surface area contributed by atoms with Crippen molar-refractivity contribution in [3.05, 3.63) is 0 Å². The highest BCUT2D eigenvalue weighted by Crippen LogP contribution is 2.16. The predicted octanol–water partition coefficient (Wildman–Crippen LogP) is 1.48. The lowest BCUT2D eigenvalue weighted by atomic mass is 9.92. The fourth-order valence-corrected chi connectivity index (χ4v) is 1.86. The molecule has 1 fully saturated rings. The van der Waals surface area contributed by atoms with Crippen molar-refractivity contribution in [2.24, 2.45) is 5.73 Å². The Bertz CT molecular complexity index is 118. The van der Waals surface area contributed by atoms with Gasteiger partial charge >= 0.3 is 0 Å². The Balaban J connectivity index is 0.000000336. The quantitative estimate of drug-likeness (QED) is 0.666. The maximum Gasteiger partial charge on any atom is 0.00681 e. The molecule has 0 bridgehead atoms. The molecule has 15 heavy (non-hydrogen) atoms. The van der Waals surface area contributed by atoms with E-state index in [1.807, 2.05) is 0 Å². The number of rotatable bonds is 4. The fraction of sp³-hybridized carbons (Fsp3) is 1.00. The highest BCUT2D eigenvalue weighted by molar-refractivity contribution is 4.77. The van der Waals surface area contributed by atoms with Crippen LogP contribution >= 0.6 is 0 Å². The molecule has 0 aliphatic heterocycles. The van der Waals surface area contributed by atoms with Gasteiger partial charge in [-0.2, -0.15) is 0 Å². The zero-order valence-electron chi connectivity index (χ0n) is 10.7. The van der Waals surface area contributed by atoms with E-state index < -0.39 is 0 Å². The van der Waals surface area contributed by atoms with Crippen LogP contribution in [0.3, 0.4) is 0 Å². The second-order valence-corrected chi connectivity index (χ2v) is 4.13. The van der Waals surface area contributed by atoms with Crippen molar-refractivity contribution in [3.63, 3.8) is 0 Å². The van der Waals surface area contributed by atoms with Crippen molar-refractivity contribution >= 4 is 0 Å². The third kappa shape index (κ3) is 8.85. The summed E-state index contributed by atoms with van der Waals surface area (Å²) in [7, 11) is 0. The van der Waals surface area contributed by atoms with Crippen LogP contribution in [0.4, 0.5) is 0 Å². The summed E-state index contributed by atoms with van der Waals surface area (Å²) in [6.07, 6.45) is 4.96. The molecule has 0 atom stereocenters. The molecule has 0 aromatic rings. The smallest absolute Gasteiger partial charge is 0.00681 e. The van der Waals surface area contributed by atoms with E-state index in [9.17, 15) is 0 Å². The molecule has 0 aromatic carbocycles. The third-order valence-corrected chi connectivity index (χ3v) is 2.76. The molecule has 1 aliphatic carbocycles. The first-order chi connectivity index (χ1) is 7.24. The van der Waals surface area contributed by atoms with Crippen LogP contribution < -0.4 is 16.4 Å². The molecule has 1 aliphatic rings. The van der Waals surface area contributed by atoms with Crippen molar-refractivity contribution in [1.29, 1.82) is 0 Å². The van der Waals surface area contributed by atoms with Gasteiger partial charge in [-0.1, -0.05) is 20.8 Å². The van der Waals surface area contributed by atoms with Crippen molar-refractivity contribution in [2.75, 3.05) is 19.6 Å². The third-order valence-electron chi connectivity index (χ3n) is 2.76. The fourth-order valence-electron chi connectivity index (χ4n) is 1.86. The van der Waals surface area contributed by atoms with Gasteiger partial charge in [0.25, 0.3) is 0 Å². The van der Waals surface area contributed by atoms with E-state index in [-0.39, 0.29) is 0 Å². The molecule has 4 N–H and O–H groups in total. The van der Waals surface area contributed by atoms with Crippen LogP contribution in [0.25, 0.3) is 0 Å². The molecule has 92 valence electrons. The molecule has 0 radical (unpaired) electrons. The van der Waals surface area contributed by atoms with Gasteiger partial charge in [-0.05, 0) is 45.3 Å². The predicted molar refractivity (Wildman–Crippen MR) is 68.1 cm³/mol. The molecule has 0 heterocycles. The minimum Gasteiger partial charge on any atom is -0.328 e. The standard InChI is InChI=1S/C8H18N2.C4H11N/c1-2-10-8-5-3-7(9)4-6-8;1-3-5-4-2/h7-8,10H,2-6,9H2,1H3;5H,3-4H2,1-2H3. The van der Waals surface area contributed by atoms with E-state index in [1.54, 1.807) is 0 Å². The molecule has 1 saturated carbocycles. The van der Waals surface area contributed by atoms with Gasteiger partial charge in [-0.15, -0.1) is 0 Å². The van der Waals surface area contributed by atoms with Crippen LogP contribution in [0.1, 0.15) is 46.5 Å². The average molecular weight is 215 g/mol. The van der Waals surface area contributed by atoms with Gasteiger partial charge in [-0.25, -0.2) is 0 Å². The number of nitrogens with one attached hydrogen (secondary N) is 2. The van der Waals surface area contributed by atoms with E-state index in [0.717, 1.165) is 25.7 Å². The van der Waals surface area contributed by atoms with Crippen molar-refractivity contribution < 1.29 is 0 Å². The molecular formula is C12H29N3. The Kier molecular flexibility index (Phi) is 10.3. The van der Waals surface area contributed by atoms with E-state index >= 15 is 0 Å². The van der Waals surface area contributed by atoms with Gasteiger partial charge in [0.1, 0.15) is 0 Å². The molecule has 3 nitrogen and oxygen atoms in total. The average Bonchev–Trinajstić information content (AvgIpc) is 2.24. The monoisotopic (exact) mass is 215 g/mol. The summed E-state index contributed by atoms with van der Waals surface area (Å²) in [4.78, 5) is 0. The molecule has 0 aromatic heterocycles. The Labute approximate surface area is 95.2 Å². The summed E-state index contributed by atoms with van der Waals surface area (Å²) in [5.74, 6) is 0. The summed E-state index contributed by atoms with van der Waals surface area (Å²) in [6.45, 7) is 9.65. The van der Waals surface area contributed by atoms with Crippen LogP contribution in [-0.4, -0.2) is 31.7 Å². The lowest BCUT2D eigenvalue weighted by Gasteiger charge is -2.26. The van der Waals surface area contributed by atoms with Crippen molar-refractivity contribution in [2.45, 2.75) is 58.5 Å². The Hall–Kier alpha value is -0.120. The van der Waals surface area contributed by atoms with Gasteiger partial charge in [0.05, 0.1) is 0 Å². The van der Waals surface area contributed by atoms with Crippen LogP contribution in [0.15, 0.2) is 0 Å². The SMILES string of the molecule is CCNC1CCC(N)CC1.CCNCC. The number of hydrogen-bond acceptors (Lipinski definition) is 3. The van der Waals surface area contributed by atoms with Crippen molar-refractivity contribution in [1.82, 2.24) is 10.6 Å². The Morgan fingerprint density at radius 1 is 0.933 bits per heavy atom. The van der Waals surface area contributed by atoms with Gasteiger partial charge in [-0.3, -0.25) is 0 Å². The summed E-state index contributed by atoms with van der Waals surface area (Å²) >= 11 is 0. The van der Waals surface area contributed by atoms with Crippen LogP contribution in [0, 0.1) is 0 Å². The van der Waals surface area contributed by atoms with Crippen molar-refractivity contribution in [3.8, 4) is 0 Å². The molecule has 0 unspecified atom stereocenters. The zero-order chi connectivity index (χ0) is 11.5. The molecule has 0 amide bonds. The first-order valence-corrected chi connectivity index (χ1v) is 6.44. The summed E-state index contributed by atoms with van der Waals surface area (Å²) < 4.78 is 0. The number of nitrogens with two attached hydrogens (primary N) is 1. The minimum absolute atomic E-state index is 0.481. The topological polar surface area (TPSA) is 50.1 Å². The highest BCUT2D eigenvalue weighted by Gasteiger charge is 2.16. The van der Waals surface area contributed by atoms with Gasteiger partial charge in [0.15, 0.2) is 0 Å². The second-order valence-electron chi connectivity index (χ2n) is 4.13. The first-order valence-electron chi connectivity index (χ1n) is 6.44. The zero-order valence-corrected chi connectivity index (χ0v) is 10.7. The van der Waals surface area contributed by atoms with Gasteiger partial charge in [0, 0.05) is 12.1 Å². The van der Waals surface area contributed by atoms with Crippen LogP contribution in [0.2, 0.25) is 0 Å². The van der Waals surface area contributed by atoms with E-state index in [2.05, 4.69) is 31.4 Å². The lowest BCUT2D eigenvalue weighted by Crippen LogP contribution is -2.37. The minimum atomic E-state index is 0.481. The normalized spacial score (nSPS) is 25.6. The number of hydrogen-bond donors (Lipinski definition) is 3. The maximum absolute atomic E-state index is 5.77. The van der Waals surface area contributed by atoms with E-state index in [4.69, 9.17) is 5.73 Å². The van der Waals surface area contributed by atoms with E-state index in [0.29, 0.717) is 6.04 Å². The molecular weight excluding hydrogens is 186 g/mol. The largest absolute Gasteiger partial charge is 0.328 e. The Morgan fingerprint density at radius 3 is 1.80 bits per heavy atom. The van der Waals surface area contributed by atoms with Gasteiger partial charge < -0.3 is 16.4 Å². The lowest BCUT2D eigenvalue weighted by molar-refractivity contribution is 0.348.